The molecule has 9 aliphatic rings. The second kappa shape index (κ2) is 46.8. The van der Waals surface area contributed by atoms with Gasteiger partial charge in [0.05, 0.1) is 65.5 Å². The number of hydrazone groups is 1. The van der Waals surface area contributed by atoms with Gasteiger partial charge in [-0.05, 0) is 294 Å². The summed E-state index contributed by atoms with van der Waals surface area (Å²) < 4.78 is 212. The van der Waals surface area contributed by atoms with E-state index < -0.39 is 84.0 Å². The number of hydrazine groups is 1. The van der Waals surface area contributed by atoms with Gasteiger partial charge in [-0.2, -0.15) is 18.4 Å². The molecule has 6 aliphatic carbocycles. The molecule has 2 aromatic heterocycles. The van der Waals surface area contributed by atoms with E-state index in [1.54, 1.807) is 72.0 Å². The highest BCUT2D eigenvalue weighted by Crippen LogP contribution is 2.45. The highest BCUT2D eigenvalue weighted by Gasteiger charge is 2.53. The summed E-state index contributed by atoms with van der Waals surface area (Å²) in [6, 6.07) is 34.6. The van der Waals surface area contributed by atoms with Gasteiger partial charge in [-0.15, -0.1) is 0 Å². The molecule has 0 atom stereocenters. The highest BCUT2D eigenvalue weighted by molar-refractivity contribution is 14.1. The highest BCUT2D eigenvalue weighted by atomic mass is 127. The van der Waals surface area contributed by atoms with Gasteiger partial charge >= 0.3 is 7.12 Å². The van der Waals surface area contributed by atoms with Crippen molar-refractivity contribution in [2.24, 2.45) is 10.9 Å². The Labute approximate surface area is 765 Å². The van der Waals surface area contributed by atoms with E-state index in [2.05, 4.69) is 48.7 Å². The Morgan fingerprint density at radius 2 is 0.954 bits per heavy atom. The van der Waals surface area contributed by atoms with E-state index in [1.165, 1.54) is 84.5 Å². The van der Waals surface area contributed by atoms with Crippen molar-refractivity contribution in [3.8, 4) is 0 Å². The van der Waals surface area contributed by atoms with Crippen molar-refractivity contribution in [1.82, 2.24) is 19.0 Å². The zero-order valence-corrected chi connectivity index (χ0v) is 76.9. The summed E-state index contributed by atoms with van der Waals surface area (Å²) in [5, 5.41) is 11.1. The lowest BCUT2D eigenvalue weighted by Gasteiger charge is -2.32. The number of aryl methyl sites for hydroxylation is 2. The lowest BCUT2D eigenvalue weighted by molar-refractivity contribution is -0.161. The number of ketones is 2. The van der Waals surface area contributed by atoms with E-state index in [0.29, 0.717) is 92.8 Å². The van der Waals surface area contributed by atoms with Gasteiger partial charge in [-0.1, -0.05) is 77.9 Å². The number of pyridine rings is 1. The van der Waals surface area contributed by atoms with Crippen molar-refractivity contribution in [1.29, 1.82) is 0 Å². The number of nitrogens with zero attached hydrogens (tertiary/aromatic N) is 3. The zero-order chi connectivity index (χ0) is 94.3. The van der Waals surface area contributed by atoms with E-state index in [0.717, 1.165) is 157 Å². The van der Waals surface area contributed by atoms with Gasteiger partial charge in [0.15, 0.2) is 76.0 Å². The fourth-order valence-electron chi connectivity index (χ4n) is 15.3. The molecule has 5 heterocycles. The maximum Gasteiger partial charge on any atom is 0.490 e. The Morgan fingerprint density at radius 1 is 0.508 bits per heavy atom. The molecule has 2 spiro atoms. The number of aldehydes is 1. The fraction of sp³-hybridized carbons (Fsp3) is 0.385. The molecule has 7 aromatic carbocycles. The summed E-state index contributed by atoms with van der Waals surface area (Å²) in [7, 11) is -6.39. The monoisotopic (exact) mass is 1960 g/mol. The normalized spacial score (nSPS) is 18.8. The van der Waals surface area contributed by atoms with Gasteiger partial charge in [0.2, 0.25) is 0 Å². The number of aliphatic hydroxyl groups excluding tert-OH is 1. The van der Waals surface area contributed by atoms with Crippen molar-refractivity contribution in [2.75, 3.05) is 33.5 Å². The SMILES string of the molecule is CC1(C)OB(C2=CCC3(CC2)OCCO3)OC1(C)C.CO.Cc1ccc(S(=O)(=O)NN)cc1.Cc1ccc(S(=O)(=O)NN=C2CCC(c3ccc(F)c(F)c3)CC2)cc1.Fc1ccc(C2=CCC3(CC2)OCCO3)cc1F.Fc1ccc(I)cc1F.O=C1CC=C(c2ccc(F)c(F)c2)CC1.O=C1CCC(c2ccc(F)c(F)c2)CC1.O=Cc1c(C2CC2)ccn2cncc12. The third-order valence-electron chi connectivity index (χ3n) is 23.7. The van der Waals surface area contributed by atoms with Crippen molar-refractivity contribution in [2.45, 2.75) is 214 Å². The van der Waals surface area contributed by atoms with Crippen LogP contribution in [0.4, 0.5) is 43.9 Å². The molecule has 3 aliphatic heterocycles. The topological polar surface area (TPSA) is 275 Å². The minimum Gasteiger partial charge on any atom is -0.400 e. The van der Waals surface area contributed by atoms with Crippen LogP contribution in [-0.4, -0.2) is 118 Å². The number of carbonyl (C=O) groups is 3. The molecule has 3 saturated heterocycles. The first-order chi connectivity index (χ1) is 61.9. The standard InChI is InChI=1S/C19H20F2N2O2S.C14H23BO4.C14H14F2O2.C12H12F2O.C12H10F2O.C11H10N2O.C7H10N2O2S.C6H3F2I.CH4O/c1-13-2-9-17(10-3-13)26(24,25)23-22-16-7-4-14(5-8-16)15-6-11-18(20)19(21)12-15;1-12(2)13(3,4)19-15(18-12)11-5-7-14(8-6-11)16-9-10-17-14;15-12-2-1-11(9-13(12)16)10-3-5-14(6-4-10)17-7-8-18-14;2*13-11-6-3-9(7-12(11)14)8-1-4-10(15)5-2-8;14-6-10-9(8-1-2-8)3-4-13-7-12-5-11(10)13;1-6-2-4-7(5-3-6)12(10,11)9-8;7-5-2-1-4(9)3-6(5)8;1-2/h2-3,6,9-12,14,23H,4-5,7-8H2,1H3;5H,6-10H2,1-4H3;1-3,9H,4-8H2;3,6-8H,1-2,4-5H2;1,3,6-7H,2,4-5H2;3-8H,1-2H2;2-5,9H,8H2,1H3;1-3H;2H,1H3. The van der Waals surface area contributed by atoms with Crippen LogP contribution in [0.2, 0.25) is 0 Å². The predicted octanol–water partition coefficient (Wildman–Crippen LogP) is 20.7. The third-order valence-corrected chi connectivity index (χ3v) is 26.8. The molecule has 0 bridgehead atoms. The van der Waals surface area contributed by atoms with Crippen molar-refractivity contribution in [3.05, 3.63) is 294 Å². The number of imidazole rings is 1. The summed E-state index contributed by atoms with van der Waals surface area (Å²) in [4.78, 5) is 41.5. The number of sulfonamides is 2. The maximum atomic E-state index is 13.4. The third kappa shape index (κ3) is 28.6. The summed E-state index contributed by atoms with van der Waals surface area (Å²) >= 11 is 1.92. The number of carbonyl (C=O) groups excluding carboxylic acids is 3. The molecule has 5 N–H and O–H groups in total. The molecular formula is C96H106BF10IN6O14S2. The molecule has 6 fully saturated rings. The number of benzene rings is 7. The Morgan fingerprint density at radius 3 is 1.37 bits per heavy atom. The number of aromatic nitrogens is 2. The Bertz CT molecular complexity index is 5760. The van der Waals surface area contributed by atoms with Gasteiger partial charge in [0.25, 0.3) is 20.0 Å². The van der Waals surface area contributed by atoms with Gasteiger partial charge < -0.3 is 37.8 Å². The van der Waals surface area contributed by atoms with Crippen molar-refractivity contribution < 1.29 is 108 Å². The number of hydrogen-bond donors (Lipinski definition) is 4. The molecule has 0 unspecified atom stereocenters. The van der Waals surface area contributed by atoms with Crippen LogP contribution < -0.4 is 15.5 Å². The second-order valence-electron chi connectivity index (χ2n) is 33.2. The van der Waals surface area contributed by atoms with Crippen LogP contribution >= 0.6 is 22.6 Å². The van der Waals surface area contributed by atoms with Gasteiger partial charge in [0, 0.05) is 79.5 Å². The van der Waals surface area contributed by atoms with Gasteiger partial charge in [0.1, 0.15) is 11.6 Å². The average molecular weight is 1960 g/mol. The number of nitrogens with one attached hydrogen (secondary N) is 2. The Kier molecular flexibility index (Phi) is 36.9. The fourth-order valence-corrected chi connectivity index (χ4v) is 17.2. The molecule has 0 amide bonds. The Hall–Kier alpha value is -9.44. The van der Waals surface area contributed by atoms with Crippen LogP contribution in [0.3, 0.4) is 0 Å². The van der Waals surface area contributed by atoms with Gasteiger partial charge in [-0.3, -0.25) is 20.2 Å². The summed E-state index contributed by atoms with van der Waals surface area (Å²) in [6.07, 6.45) is 26.4. The quantitative estimate of drug-likeness (QED) is 0.0168. The lowest BCUT2D eigenvalue weighted by atomic mass is 9.71. The largest absolute Gasteiger partial charge is 0.490 e. The van der Waals surface area contributed by atoms with Gasteiger partial charge in [-0.25, -0.2) is 62.1 Å². The van der Waals surface area contributed by atoms with Crippen LogP contribution in [0.5, 0.6) is 0 Å². The molecule has 696 valence electrons. The van der Waals surface area contributed by atoms with E-state index >= 15 is 0 Å². The summed E-state index contributed by atoms with van der Waals surface area (Å²) in [6.45, 7) is 14.8. The number of halogens is 11. The zero-order valence-electron chi connectivity index (χ0n) is 73.1. The van der Waals surface area contributed by atoms with Crippen LogP contribution in [0, 0.1) is 75.6 Å². The first-order valence-corrected chi connectivity index (χ1v) is 46.6. The molecule has 20 nitrogen and oxygen atoms in total. The lowest BCUT2D eigenvalue weighted by Crippen LogP contribution is -2.41. The number of ether oxygens (including phenoxy) is 4. The number of aliphatic hydroxyl groups is 1. The minimum atomic E-state index is -3.68. The average Bonchev–Trinajstić information content (AvgIpc) is 1.62. The van der Waals surface area contributed by atoms with E-state index in [9.17, 15) is 75.1 Å². The van der Waals surface area contributed by atoms with Crippen LogP contribution in [0.1, 0.15) is 217 Å². The summed E-state index contributed by atoms with van der Waals surface area (Å²) in [5.41, 5.74) is 11.3. The summed E-state index contributed by atoms with van der Waals surface area (Å²) in [5.74, 6) is -2.79. The number of fused-ring (bicyclic) bond motifs is 1. The molecule has 34 heteroatoms. The van der Waals surface area contributed by atoms with Crippen molar-refractivity contribution >= 4 is 90.0 Å². The molecular weight excluding hydrogens is 1850 g/mol. The molecule has 3 saturated carbocycles. The van der Waals surface area contributed by atoms with E-state index in [1.807, 2.05) is 59.2 Å². The van der Waals surface area contributed by atoms with E-state index in [-0.39, 0.29) is 57.3 Å². The predicted molar refractivity (Wildman–Crippen MR) is 483 cm³/mol. The van der Waals surface area contributed by atoms with Crippen molar-refractivity contribution in [3.63, 3.8) is 0 Å². The minimum absolute atomic E-state index is 0.123. The smallest absolute Gasteiger partial charge is 0.400 e. The van der Waals surface area contributed by atoms with Crippen LogP contribution in [-0.2, 0) is 57.9 Å². The Balaban J connectivity index is 0.000000156. The van der Waals surface area contributed by atoms with Crippen LogP contribution in [0.15, 0.2) is 203 Å². The second-order valence-corrected chi connectivity index (χ2v) is 37.8. The molecule has 9 aromatic rings. The van der Waals surface area contributed by atoms with E-state index in [4.69, 9.17) is 39.2 Å². The first kappa shape index (κ1) is 103. The number of hydrogen-bond acceptors (Lipinski definition) is 17. The molecule has 130 heavy (non-hydrogen) atoms. The molecule has 0 radical (unpaired) electrons. The number of Topliss-reactive ketones (excluding diaryl/α,β-unsaturated/α-hetero) is 2. The first-order valence-electron chi connectivity index (χ1n) is 42.6. The van der Waals surface area contributed by atoms with Crippen LogP contribution in [0.25, 0.3) is 16.7 Å². The number of allylic oxidation sites excluding steroid dienone is 4. The number of nitrogens with two attached hydrogens (primary N) is 1. The maximum absolute atomic E-state index is 13.4. The number of rotatable bonds is 12. The molecule has 18 rings (SSSR count).